The molecule has 0 bridgehead atoms. The molecule has 1 aliphatic carbocycles. The number of likely N-dealkylation sites (tertiary alicyclic amines) is 1. The molecule has 3 heterocycles. The zero-order valence-electron chi connectivity index (χ0n) is 18.7. The molecule has 170 valence electrons. The number of carbonyl (C=O) groups excluding carboxylic acids is 2. The number of benzene rings is 1. The summed E-state index contributed by atoms with van der Waals surface area (Å²) in [5.74, 6) is 2.09. The second-order valence-corrected chi connectivity index (χ2v) is 9.35. The van der Waals surface area contributed by atoms with Crippen molar-refractivity contribution in [2.45, 2.75) is 39.2 Å². The second-order valence-electron chi connectivity index (χ2n) is 9.35. The van der Waals surface area contributed by atoms with Crippen LogP contribution in [0.25, 0.3) is 11.4 Å². The number of piperidine rings is 1. The Morgan fingerprint density at radius 3 is 2.09 bits per heavy atom. The van der Waals surface area contributed by atoms with Crippen LogP contribution in [0, 0.1) is 18.8 Å². The highest BCUT2D eigenvalue weighted by Gasteiger charge is 2.37. The first-order valence-corrected chi connectivity index (χ1v) is 11.8. The van der Waals surface area contributed by atoms with E-state index in [0.717, 1.165) is 70.5 Å². The Bertz CT molecular complexity index is 952. The van der Waals surface area contributed by atoms with Gasteiger partial charge in [0, 0.05) is 56.7 Å². The first kappa shape index (κ1) is 21.1. The Kier molecular flexibility index (Phi) is 5.95. The van der Waals surface area contributed by atoms with Crippen molar-refractivity contribution in [2.24, 2.45) is 11.8 Å². The SMILES string of the molecule is Cc1ccc(-c2noc(CN3CCN(C(=O)C4CCN(C(=O)C5CC5)CC4)CC3)n2)cc1. The van der Waals surface area contributed by atoms with Crippen LogP contribution in [-0.2, 0) is 16.1 Å². The van der Waals surface area contributed by atoms with Crippen molar-refractivity contribution >= 4 is 11.8 Å². The monoisotopic (exact) mass is 437 g/mol. The van der Waals surface area contributed by atoms with Gasteiger partial charge in [0.2, 0.25) is 23.5 Å². The number of nitrogens with zero attached hydrogens (tertiary/aromatic N) is 5. The number of carbonyl (C=O) groups is 2. The zero-order valence-corrected chi connectivity index (χ0v) is 18.7. The Morgan fingerprint density at radius 2 is 1.47 bits per heavy atom. The van der Waals surface area contributed by atoms with Gasteiger partial charge in [0.1, 0.15) is 0 Å². The van der Waals surface area contributed by atoms with Crippen LogP contribution in [0.5, 0.6) is 0 Å². The van der Waals surface area contributed by atoms with Crippen molar-refractivity contribution in [2.75, 3.05) is 39.3 Å². The molecule has 32 heavy (non-hydrogen) atoms. The van der Waals surface area contributed by atoms with E-state index < -0.39 is 0 Å². The molecule has 2 amide bonds. The molecule has 0 radical (unpaired) electrons. The predicted molar refractivity (Wildman–Crippen MR) is 118 cm³/mol. The van der Waals surface area contributed by atoms with Gasteiger partial charge >= 0.3 is 0 Å². The summed E-state index contributed by atoms with van der Waals surface area (Å²) < 4.78 is 5.46. The largest absolute Gasteiger partial charge is 0.342 e. The van der Waals surface area contributed by atoms with E-state index in [1.54, 1.807) is 0 Å². The van der Waals surface area contributed by atoms with Crippen molar-refractivity contribution < 1.29 is 14.1 Å². The highest BCUT2D eigenvalue weighted by atomic mass is 16.5. The predicted octanol–water partition coefficient (Wildman–Crippen LogP) is 2.34. The van der Waals surface area contributed by atoms with Crippen molar-refractivity contribution in [1.29, 1.82) is 0 Å². The Balaban J connectivity index is 1.08. The fourth-order valence-electron chi connectivity index (χ4n) is 4.65. The van der Waals surface area contributed by atoms with Crippen LogP contribution in [0.3, 0.4) is 0 Å². The van der Waals surface area contributed by atoms with Gasteiger partial charge in [-0.05, 0) is 32.6 Å². The van der Waals surface area contributed by atoms with Gasteiger partial charge in [-0.15, -0.1) is 0 Å². The van der Waals surface area contributed by atoms with Crippen LogP contribution in [0.15, 0.2) is 28.8 Å². The van der Waals surface area contributed by atoms with E-state index in [1.165, 1.54) is 5.56 Å². The fourth-order valence-corrected chi connectivity index (χ4v) is 4.65. The molecule has 0 atom stereocenters. The molecule has 2 aromatic rings. The molecule has 1 aromatic heterocycles. The molecule has 8 heteroatoms. The standard InChI is InChI=1S/C24H31N5O3/c1-17-2-4-18(5-3-17)22-25-21(32-26-22)16-27-12-14-29(15-13-27)24(31)20-8-10-28(11-9-20)23(30)19-6-7-19/h2-5,19-20H,6-16H2,1H3. The normalized spacial score (nSPS) is 20.5. The highest BCUT2D eigenvalue weighted by Crippen LogP contribution is 2.32. The molecule has 0 N–H and O–H groups in total. The number of amides is 2. The zero-order chi connectivity index (χ0) is 22.1. The summed E-state index contributed by atoms with van der Waals surface area (Å²) in [5, 5.41) is 4.11. The van der Waals surface area contributed by atoms with Gasteiger partial charge in [-0.3, -0.25) is 14.5 Å². The molecule has 2 saturated heterocycles. The van der Waals surface area contributed by atoms with E-state index in [1.807, 2.05) is 34.1 Å². The molecule has 2 aliphatic heterocycles. The Labute approximate surface area is 188 Å². The van der Waals surface area contributed by atoms with Gasteiger partial charge in [0.05, 0.1) is 6.54 Å². The molecular weight excluding hydrogens is 406 g/mol. The molecule has 1 saturated carbocycles. The lowest BCUT2D eigenvalue weighted by Crippen LogP contribution is -2.51. The van der Waals surface area contributed by atoms with E-state index in [2.05, 4.69) is 22.0 Å². The average molecular weight is 438 g/mol. The van der Waals surface area contributed by atoms with Crippen LogP contribution < -0.4 is 0 Å². The maximum absolute atomic E-state index is 13.0. The molecular formula is C24H31N5O3. The summed E-state index contributed by atoms with van der Waals surface area (Å²) in [7, 11) is 0. The van der Waals surface area contributed by atoms with Crippen molar-refractivity contribution in [3.63, 3.8) is 0 Å². The number of aryl methyl sites for hydroxylation is 1. The first-order valence-electron chi connectivity index (χ1n) is 11.8. The molecule has 0 spiro atoms. The number of hydrogen-bond donors (Lipinski definition) is 0. The fraction of sp³-hybridized carbons (Fsp3) is 0.583. The Hall–Kier alpha value is -2.74. The first-order chi connectivity index (χ1) is 15.6. The van der Waals surface area contributed by atoms with Crippen LogP contribution in [0.2, 0.25) is 0 Å². The molecule has 8 nitrogen and oxygen atoms in total. The van der Waals surface area contributed by atoms with Gasteiger partial charge < -0.3 is 14.3 Å². The number of rotatable bonds is 5. The summed E-state index contributed by atoms with van der Waals surface area (Å²) in [5.41, 5.74) is 2.15. The van der Waals surface area contributed by atoms with Gasteiger partial charge in [-0.1, -0.05) is 35.0 Å². The van der Waals surface area contributed by atoms with Crippen LogP contribution >= 0.6 is 0 Å². The second kappa shape index (κ2) is 9.02. The van der Waals surface area contributed by atoms with E-state index in [-0.39, 0.29) is 17.7 Å². The van der Waals surface area contributed by atoms with Crippen LogP contribution in [0.4, 0.5) is 0 Å². The number of aromatic nitrogens is 2. The van der Waals surface area contributed by atoms with Gasteiger partial charge in [-0.25, -0.2) is 0 Å². The van der Waals surface area contributed by atoms with Crippen molar-refractivity contribution in [1.82, 2.24) is 24.8 Å². The molecule has 3 aliphatic rings. The van der Waals surface area contributed by atoms with Gasteiger partial charge in [0.15, 0.2) is 0 Å². The lowest BCUT2D eigenvalue weighted by atomic mass is 9.94. The van der Waals surface area contributed by atoms with E-state index >= 15 is 0 Å². The third-order valence-corrected chi connectivity index (χ3v) is 6.90. The summed E-state index contributed by atoms with van der Waals surface area (Å²) in [6.45, 7) is 7.15. The van der Waals surface area contributed by atoms with Crippen molar-refractivity contribution in [3.8, 4) is 11.4 Å². The summed E-state index contributed by atoms with van der Waals surface area (Å²) >= 11 is 0. The van der Waals surface area contributed by atoms with Crippen molar-refractivity contribution in [3.05, 3.63) is 35.7 Å². The van der Waals surface area contributed by atoms with E-state index in [4.69, 9.17) is 4.52 Å². The van der Waals surface area contributed by atoms with Gasteiger partial charge in [0.25, 0.3) is 0 Å². The summed E-state index contributed by atoms with van der Waals surface area (Å²) in [6, 6.07) is 8.08. The number of hydrogen-bond acceptors (Lipinski definition) is 6. The maximum Gasteiger partial charge on any atom is 0.241 e. The minimum Gasteiger partial charge on any atom is -0.342 e. The molecule has 5 rings (SSSR count). The Morgan fingerprint density at radius 1 is 0.875 bits per heavy atom. The third kappa shape index (κ3) is 4.70. The minimum absolute atomic E-state index is 0.0535. The quantitative estimate of drug-likeness (QED) is 0.714. The van der Waals surface area contributed by atoms with E-state index in [9.17, 15) is 9.59 Å². The van der Waals surface area contributed by atoms with Crippen LogP contribution in [0.1, 0.15) is 37.1 Å². The van der Waals surface area contributed by atoms with Crippen LogP contribution in [-0.4, -0.2) is 75.9 Å². The maximum atomic E-state index is 13.0. The lowest BCUT2D eigenvalue weighted by Gasteiger charge is -2.38. The highest BCUT2D eigenvalue weighted by molar-refractivity contribution is 5.82. The smallest absolute Gasteiger partial charge is 0.241 e. The molecule has 3 fully saturated rings. The molecule has 0 unspecified atom stereocenters. The summed E-state index contributed by atoms with van der Waals surface area (Å²) in [4.78, 5) is 36.0. The number of piperazine rings is 1. The van der Waals surface area contributed by atoms with Gasteiger partial charge in [-0.2, -0.15) is 4.98 Å². The topological polar surface area (TPSA) is 82.8 Å². The lowest BCUT2D eigenvalue weighted by molar-refractivity contribution is -0.142. The van der Waals surface area contributed by atoms with E-state index in [0.29, 0.717) is 24.2 Å². The summed E-state index contributed by atoms with van der Waals surface area (Å²) in [6.07, 6.45) is 3.67. The minimum atomic E-state index is 0.0535. The molecule has 1 aromatic carbocycles. The third-order valence-electron chi connectivity index (χ3n) is 6.90. The average Bonchev–Trinajstić information content (AvgIpc) is 3.58.